The minimum Gasteiger partial charge on any atom is -0.489 e. The number of benzene rings is 1. The summed E-state index contributed by atoms with van der Waals surface area (Å²) in [4.78, 5) is 16.3. The van der Waals surface area contributed by atoms with Gasteiger partial charge in [0.2, 0.25) is 5.88 Å². The molecule has 5 nitrogen and oxygen atoms in total. The minimum atomic E-state index is -0.228. The van der Waals surface area contributed by atoms with Gasteiger partial charge in [0, 0.05) is 18.2 Å². The quantitative estimate of drug-likeness (QED) is 0.945. The highest BCUT2D eigenvalue weighted by Crippen LogP contribution is 2.34. The second-order valence-electron chi connectivity index (χ2n) is 4.76. The Morgan fingerprint density at radius 1 is 1.32 bits per heavy atom. The molecule has 0 unspecified atom stereocenters. The van der Waals surface area contributed by atoms with Gasteiger partial charge in [0.25, 0.3) is 5.91 Å². The number of aromatic nitrogens is 1. The van der Waals surface area contributed by atoms with E-state index in [1.807, 2.05) is 36.4 Å². The number of carbonyl (C=O) groups excluding carboxylic acids is 1. The summed E-state index contributed by atoms with van der Waals surface area (Å²) in [5.41, 5.74) is 3.06. The number of hydrogen-bond donors (Lipinski definition) is 1. The predicted molar refractivity (Wildman–Crippen MR) is 84.1 cm³/mol. The molecule has 0 saturated heterocycles. The molecule has 1 amide bonds. The van der Waals surface area contributed by atoms with E-state index in [1.165, 1.54) is 7.11 Å². The van der Waals surface area contributed by atoms with Crippen LogP contribution in [-0.4, -0.2) is 31.7 Å². The van der Waals surface area contributed by atoms with Gasteiger partial charge < -0.3 is 14.8 Å². The van der Waals surface area contributed by atoms with E-state index in [1.54, 1.807) is 13.1 Å². The van der Waals surface area contributed by atoms with Gasteiger partial charge in [-0.25, -0.2) is 4.98 Å². The topological polar surface area (TPSA) is 60.5 Å². The number of ether oxygens (including phenoxy) is 2. The number of nitrogens with zero attached hydrogens (tertiary/aromatic N) is 1. The van der Waals surface area contributed by atoms with E-state index < -0.39 is 0 Å². The molecule has 3 rings (SSSR count). The lowest BCUT2D eigenvalue weighted by atomic mass is 10.0. The lowest BCUT2D eigenvalue weighted by molar-refractivity contribution is 0.0959. The van der Waals surface area contributed by atoms with Crippen molar-refractivity contribution in [2.24, 2.45) is 0 Å². The lowest BCUT2D eigenvalue weighted by Crippen LogP contribution is -2.19. The monoisotopic (exact) mass is 296 g/mol. The van der Waals surface area contributed by atoms with E-state index in [0.29, 0.717) is 18.1 Å². The van der Waals surface area contributed by atoms with Gasteiger partial charge in [-0.2, -0.15) is 0 Å². The highest BCUT2D eigenvalue weighted by atomic mass is 16.5. The Labute approximate surface area is 128 Å². The predicted octanol–water partition coefficient (Wildman–Crippen LogP) is 2.52. The zero-order chi connectivity index (χ0) is 15.5. The van der Waals surface area contributed by atoms with Crippen molar-refractivity contribution in [3.8, 4) is 22.9 Å². The van der Waals surface area contributed by atoms with E-state index in [-0.39, 0.29) is 5.91 Å². The number of rotatable bonds is 3. The van der Waals surface area contributed by atoms with Crippen molar-refractivity contribution in [2.75, 3.05) is 20.8 Å². The molecule has 1 aliphatic heterocycles. The minimum absolute atomic E-state index is 0.228. The fraction of sp³-hybridized carbons (Fsp3) is 0.176. The molecule has 22 heavy (non-hydrogen) atoms. The molecule has 1 aliphatic rings. The number of hydrogen-bond acceptors (Lipinski definition) is 4. The Morgan fingerprint density at radius 3 is 2.95 bits per heavy atom. The first-order valence-electron chi connectivity index (χ1n) is 6.94. The third kappa shape index (κ3) is 2.41. The molecule has 0 spiro atoms. The van der Waals surface area contributed by atoms with Gasteiger partial charge in [0.15, 0.2) is 0 Å². The summed E-state index contributed by atoms with van der Waals surface area (Å²) >= 11 is 0. The van der Waals surface area contributed by atoms with Crippen LogP contribution in [0.4, 0.5) is 0 Å². The fourth-order valence-electron chi connectivity index (χ4n) is 2.42. The van der Waals surface area contributed by atoms with Crippen LogP contribution in [0.3, 0.4) is 0 Å². The second-order valence-corrected chi connectivity index (χ2v) is 4.76. The van der Waals surface area contributed by atoms with Crippen LogP contribution in [0.25, 0.3) is 17.3 Å². The first-order valence-corrected chi connectivity index (χ1v) is 6.94. The van der Waals surface area contributed by atoms with Gasteiger partial charge >= 0.3 is 0 Å². The zero-order valence-electron chi connectivity index (χ0n) is 12.4. The standard InChI is InChI=1S/C17H16N2O3/c1-18-16(20)13-8-9-14(19-17(13)21-2)11-5-3-7-15-12(11)6-4-10-22-15/h3-9H,10H2,1-2H3,(H,18,20). The van der Waals surface area contributed by atoms with Crippen molar-refractivity contribution in [3.63, 3.8) is 0 Å². The van der Waals surface area contributed by atoms with Crippen LogP contribution < -0.4 is 14.8 Å². The molecule has 0 fully saturated rings. The molecule has 1 aromatic carbocycles. The Kier molecular flexibility index (Phi) is 3.78. The summed E-state index contributed by atoms with van der Waals surface area (Å²) in [5, 5.41) is 2.58. The zero-order valence-corrected chi connectivity index (χ0v) is 12.4. The summed E-state index contributed by atoms with van der Waals surface area (Å²) in [6.07, 6.45) is 3.98. The number of amides is 1. The molecule has 5 heteroatoms. The highest BCUT2D eigenvalue weighted by Gasteiger charge is 2.17. The van der Waals surface area contributed by atoms with E-state index in [9.17, 15) is 4.79 Å². The van der Waals surface area contributed by atoms with Crippen molar-refractivity contribution in [3.05, 3.63) is 47.5 Å². The Hall–Kier alpha value is -2.82. The second kappa shape index (κ2) is 5.89. The summed E-state index contributed by atoms with van der Waals surface area (Å²) in [5.74, 6) is 0.903. The first kappa shape index (κ1) is 14.1. The summed E-state index contributed by atoms with van der Waals surface area (Å²) < 4.78 is 10.9. The molecule has 1 N–H and O–H groups in total. The molecule has 1 aromatic heterocycles. The SMILES string of the molecule is CNC(=O)c1ccc(-c2cccc3c2C=CCO3)nc1OC. The summed E-state index contributed by atoms with van der Waals surface area (Å²) in [7, 11) is 3.08. The molecule has 2 heterocycles. The van der Waals surface area contributed by atoms with Crippen LogP contribution >= 0.6 is 0 Å². The van der Waals surface area contributed by atoms with Gasteiger partial charge in [-0.1, -0.05) is 18.2 Å². The number of nitrogens with one attached hydrogen (secondary N) is 1. The van der Waals surface area contributed by atoms with E-state index in [4.69, 9.17) is 9.47 Å². The smallest absolute Gasteiger partial charge is 0.256 e. The summed E-state index contributed by atoms with van der Waals surface area (Å²) in [6, 6.07) is 9.35. The molecule has 0 bridgehead atoms. The number of methoxy groups -OCH3 is 1. The van der Waals surface area contributed by atoms with Crippen LogP contribution in [-0.2, 0) is 0 Å². The molecular formula is C17H16N2O3. The molecule has 2 aromatic rings. The van der Waals surface area contributed by atoms with Gasteiger partial charge in [0.05, 0.1) is 12.8 Å². The number of fused-ring (bicyclic) bond motifs is 1. The lowest BCUT2D eigenvalue weighted by Gasteiger charge is -2.16. The van der Waals surface area contributed by atoms with Gasteiger partial charge in [-0.15, -0.1) is 0 Å². The average molecular weight is 296 g/mol. The molecule has 112 valence electrons. The maximum atomic E-state index is 11.8. The van der Waals surface area contributed by atoms with Crippen molar-refractivity contribution >= 4 is 12.0 Å². The van der Waals surface area contributed by atoms with Crippen molar-refractivity contribution in [1.82, 2.24) is 10.3 Å². The van der Waals surface area contributed by atoms with Crippen LogP contribution in [0.5, 0.6) is 11.6 Å². The third-order valence-corrected chi connectivity index (χ3v) is 3.49. The van der Waals surface area contributed by atoms with Crippen molar-refractivity contribution in [2.45, 2.75) is 0 Å². The maximum Gasteiger partial charge on any atom is 0.256 e. The number of carbonyl (C=O) groups is 1. The summed E-state index contributed by atoms with van der Waals surface area (Å²) in [6.45, 7) is 0.572. The number of pyridine rings is 1. The molecule has 0 aliphatic carbocycles. The van der Waals surface area contributed by atoms with Crippen LogP contribution in [0.15, 0.2) is 36.4 Å². The van der Waals surface area contributed by atoms with Gasteiger partial charge in [-0.3, -0.25) is 4.79 Å². The molecule has 0 radical (unpaired) electrons. The van der Waals surface area contributed by atoms with Gasteiger partial charge in [-0.05, 0) is 24.3 Å². The molecule has 0 atom stereocenters. The molecule has 0 saturated carbocycles. The van der Waals surface area contributed by atoms with E-state index >= 15 is 0 Å². The average Bonchev–Trinajstić information content (AvgIpc) is 2.60. The maximum absolute atomic E-state index is 11.8. The van der Waals surface area contributed by atoms with Crippen LogP contribution in [0, 0.1) is 0 Å². The Morgan fingerprint density at radius 2 is 2.18 bits per heavy atom. The van der Waals surface area contributed by atoms with Crippen LogP contribution in [0.1, 0.15) is 15.9 Å². The van der Waals surface area contributed by atoms with Gasteiger partial charge in [0.1, 0.15) is 17.9 Å². The van der Waals surface area contributed by atoms with Crippen molar-refractivity contribution in [1.29, 1.82) is 0 Å². The Balaban J connectivity index is 2.11. The largest absolute Gasteiger partial charge is 0.489 e. The third-order valence-electron chi connectivity index (χ3n) is 3.49. The highest BCUT2D eigenvalue weighted by molar-refractivity contribution is 5.96. The fourth-order valence-corrected chi connectivity index (χ4v) is 2.42. The van der Waals surface area contributed by atoms with Crippen molar-refractivity contribution < 1.29 is 14.3 Å². The van der Waals surface area contributed by atoms with E-state index in [2.05, 4.69) is 10.3 Å². The van der Waals surface area contributed by atoms with Crippen LogP contribution in [0.2, 0.25) is 0 Å². The van der Waals surface area contributed by atoms with E-state index in [0.717, 1.165) is 22.6 Å². The first-order chi connectivity index (χ1) is 10.7. The normalized spacial score (nSPS) is 12.3. The molecular weight excluding hydrogens is 280 g/mol. The Bertz CT molecular complexity index is 754.